The van der Waals surface area contributed by atoms with Crippen LogP contribution in [0.3, 0.4) is 0 Å². The smallest absolute Gasteiger partial charge is 0.312 e. The predicted molar refractivity (Wildman–Crippen MR) is 70.2 cm³/mol. The van der Waals surface area contributed by atoms with Gasteiger partial charge in [0.2, 0.25) is 0 Å². The largest absolute Gasteiger partial charge is 0.481 e. The van der Waals surface area contributed by atoms with Crippen molar-refractivity contribution in [1.82, 2.24) is 4.98 Å². The molecule has 3 nitrogen and oxygen atoms in total. The van der Waals surface area contributed by atoms with E-state index in [1.54, 1.807) is 6.92 Å². The highest BCUT2D eigenvalue weighted by Crippen LogP contribution is 2.27. The number of pyridine rings is 1. The van der Waals surface area contributed by atoms with Gasteiger partial charge in [-0.1, -0.05) is 12.1 Å². The van der Waals surface area contributed by atoms with Gasteiger partial charge in [-0.05, 0) is 47.5 Å². The molecule has 1 N–H and O–H groups in total. The van der Waals surface area contributed by atoms with Gasteiger partial charge in [-0.3, -0.25) is 9.78 Å². The van der Waals surface area contributed by atoms with Crippen molar-refractivity contribution in [2.24, 2.45) is 0 Å². The van der Waals surface area contributed by atoms with E-state index in [9.17, 15) is 4.79 Å². The number of halogens is 1. The highest BCUT2D eigenvalue weighted by molar-refractivity contribution is 9.10. The Morgan fingerprint density at radius 1 is 1.47 bits per heavy atom. The fourth-order valence-corrected chi connectivity index (χ4v) is 2.21. The lowest BCUT2D eigenvalue weighted by Gasteiger charge is -2.10. The van der Waals surface area contributed by atoms with Crippen LogP contribution in [0.4, 0.5) is 0 Å². The molecule has 1 aromatic carbocycles. The monoisotopic (exact) mass is 293 g/mol. The van der Waals surface area contributed by atoms with Gasteiger partial charge in [0.15, 0.2) is 0 Å². The normalized spacial score (nSPS) is 12.6. The minimum absolute atomic E-state index is 0.592. The Labute approximate surface area is 108 Å². The topological polar surface area (TPSA) is 50.2 Å². The van der Waals surface area contributed by atoms with Crippen LogP contribution in [0, 0.1) is 6.92 Å². The van der Waals surface area contributed by atoms with Gasteiger partial charge in [-0.2, -0.15) is 0 Å². The molecule has 0 aliphatic carbocycles. The zero-order valence-corrected chi connectivity index (χ0v) is 11.2. The molecule has 0 bridgehead atoms. The third kappa shape index (κ3) is 2.17. The maximum atomic E-state index is 11.0. The number of hydrogen-bond donors (Lipinski definition) is 1. The molecule has 1 atom stereocenters. The second-order valence-electron chi connectivity index (χ2n) is 4.06. The minimum atomic E-state index is -0.858. The number of aromatic nitrogens is 1. The minimum Gasteiger partial charge on any atom is -0.481 e. The molecule has 0 fully saturated rings. The van der Waals surface area contributed by atoms with Gasteiger partial charge >= 0.3 is 5.97 Å². The van der Waals surface area contributed by atoms with Gasteiger partial charge in [0.1, 0.15) is 0 Å². The van der Waals surface area contributed by atoms with Gasteiger partial charge in [0.25, 0.3) is 0 Å². The number of fused-ring (bicyclic) bond motifs is 1. The van der Waals surface area contributed by atoms with Crippen molar-refractivity contribution < 1.29 is 9.90 Å². The van der Waals surface area contributed by atoms with E-state index in [2.05, 4.69) is 20.9 Å². The van der Waals surface area contributed by atoms with Crippen molar-refractivity contribution in [3.8, 4) is 0 Å². The number of benzene rings is 1. The Morgan fingerprint density at radius 2 is 2.18 bits per heavy atom. The number of para-hydroxylation sites is 1. The predicted octanol–water partition coefficient (Wildman–Crippen LogP) is 3.49. The van der Waals surface area contributed by atoms with Gasteiger partial charge < -0.3 is 5.11 Å². The number of nitrogens with zero attached hydrogens (tertiary/aromatic N) is 1. The number of carboxylic acid groups (broad SMARTS) is 1. The van der Waals surface area contributed by atoms with Crippen molar-refractivity contribution in [1.29, 1.82) is 0 Å². The molecule has 0 saturated heterocycles. The number of carboxylic acids is 1. The quantitative estimate of drug-likeness (QED) is 0.922. The SMILES string of the molecule is Cc1cc(C(C)C(=O)O)nc2c(Br)cccc12. The Kier molecular flexibility index (Phi) is 3.15. The van der Waals surface area contributed by atoms with Crippen LogP contribution in [-0.4, -0.2) is 16.1 Å². The summed E-state index contributed by atoms with van der Waals surface area (Å²) in [5.41, 5.74) is 2.45. The molecule has 1 unspecified atom stereocenters. The molecule has 2 rings (SSSR count). The zero-order valence-electron chi connectivity index (χ0n) is 9.57. The molecule has 0 saturated carbocycles. The van der Waals surface area contributed by atoms with Crippen LogP contribution in [0.5, 0.6) is 0 Å². The van der Waals surface area contributed by atoms with Crippen molar-refractivity contribution in [2.45, 2.75) is 19.8 Å². The van der Waals surface area contributed by atoms with E-state index < -0.39 is 11.9 Å². The fourth-order valence-electron chi connectivity index (χ4n) is 1.76. The zero-order chi connectivity index (χ0) is 12.6. The van der Waals surface area contributed by atoms with Crippen LogP contribution < -0.4 is 0 Å². The van der Waals surface area contributed by atoms with Crippen molar-refractivity contribution >= 4 is 32.8 Å². The fraction of sp³-hybridized carbons (Fsp3) is 0.231. The maximum Gasteiger partial charge on any atom is 0.312 e. The first kappa shape index (κ1) is 12.0. The molecular formula is C13H12BrNO2. The molecular weight excluding hydrogens is 282 g/mol. The Bertz CT molecular complexity index is 595. The Hall–Kier alpha value is -1.42. The molecule has 0 aliphatic rings. The molecule has 2 aromatic rings. The Morgan fingerprint density at radius 3 is 2.82 bits per heavy atom. The van der Waals surface area contributed by atoms with Crippen molar-refractivity contribution in [3.05, 3.63) is 40.0 Å². The third-order valence-corrected chi connectivity index (χ3v) is 3.47. The molecule has 0 amide bonds. The third-order valence-electron chi connectivity index (χ3n) is 2.83. The Balaban J connectivity index is 2.70. The lowest BCUT2D eigenvalue weighted by Crippen LogP contribution is -2.09. The molecule has 17 heavy (non-hydrogen) atoms. The van der Waals surface area contributed by atoms with Crippen LogP contribution in [0.15, 0.2) is 28.7 Å². The van der Waals surface area contributed by atoms with E-state index in [4.69, 9.17) is 5.11 Å². The second-order valence-corrected chi connectivity index (χ2v) is 4.91. The van der Waals surface area contributed by atoms with E-state index >= 15 is 0 Å². The molecule has 0 radical (unpaired) electrons. The van der Waals surface area contributed by atoms with Gasteiger partial charge in [0, 0.05) is 9.86 Å². The number of carbonyl (C=O) groups is 1. The summed E-state index contributed by atoms with van der Waals surface area (Å²) in [5, 5.41) is 10.1. The van der Waals surface area contributed by atoms with Gasteiger partial charge in [-0.15, -0.1) is 0 Å². The van der Waals surface area contributed by atoms with E-state index in [-0.39, 0.29) is 0 Å². The molecule has 0 aliphatic heterocycles. The van der Waals surface area contributed by atoms with E-state index in [0.717, 1.165) is 20.9 Å². The first-order valence-electron chi connectivity index (χ1n) is 5.29. The van der Waals surface area contributed by atoms with Crippen LogP contribution in [0.25, 0.3) is 10.9 Å². The summed E-state index contributed by atoms with van der Waals surface area (Å²) < 4.78 is 0.887. The average molecular weight is 294 g/mol. The molecule has 88 valence electrons. The summed E-state index contributed by atoms with van der Waals surface area (Å²) in [6.07, 6.45) is 0. The van der Waals surface area contributed by atoms with Crippen molar-refractivity contribution in [3.63, 3.8) is 0 Å². The molecule has 1 aromatic heterocycles. The lowest BCUT2D eigenvalue weighted by molar-refractivity contribution is -0.138. The summed E-state index contributed by atoms with van der Waals surface area (Å²) in [7, 11) is 0. The standard InChI is InChI=1S/C13H12BrNO2/c1-7-6-11(8(2)13(16)17)15-12-9(7)4-3-5-10(12)14/h3-6,8H,1-2H3,(H,16,17). The molecule has 1 heterocycles. The van der Waals surface area contributed by atoms with E-state index in [1.165, 1.54) is 0 Å². The van der Waals surface area contributed by atoms with Crippen LogP contribution in [0.1, 0.15) is 24.1 Å². The number of hydrogen-bond acceptors (Lipinski definition) is 2. The molecule has 4 heteroatoms. The molecule has 0 spiro atoms. The van der Waals surface area contributed by atoms with Gasteiger partial charge in [0.05, 0.1) is 17.1 Å². The number of aryl methyl sites for hydroxylation is 1. The van der Waals surface area contributed by atoms with Gasteiger partial charge in [-0.25, -0.2) is 0 Å². The second kappa shape index (κ2) is 4.45. The lowest BCUT2D eigenvalue weighted by atomic mass is 10.0. The first-order valence-corrected chi connectivity index (χ1v) is 6.08. The van der Waals surface area contributed by atoms with Crippen LogP contribution in [-0.2, 0) is 4.79 Å². The maximum absolute atomic E-state index is 11.0. The van der Waals surface area contributed by atoms with E-state index in [1.807, 2.05) is 31.2 Å². The number of aliphatic carboxylic acids is 1. The van der Waals surface area contributed by atoms with E-state index in [0.29, 0.717) is 5.69 Å². The summed E-state index contributed by atoms with van der Waals surface area (Å²) in [4.78, 5) is 15.4. The average Bonchev–Trinajstić information content (AvgIpc) is 2.29. The highest BCUT2D eigenvalue weighted by Gasteiger charge is 2.17. The summed E-state index contributed by atoms with van der Waals surface area (Å²) in [5.74, 6) is -1.45. The van der Waals surface area contributed by atoms with Crippen molar-refractivity contribution in [2.75, 3.05) is 0 Å². The first-order chi connectivity index (χ1) is 8.00. The summed E-state index contributed by atoms with van der Waals surface area (Å²) in [6, 6.07) is 7.68. The summed E-state index contributed by atoms with van der Waals surface area (Å²) >= 11 is 3.44. The van der Waals surface area contributed by atoms with Crippen LogP contribution >= 0.6 is 15.9 Å². The highest BCUT2D eigenvalue weighted by atomic mass is 79.9. The summed E-state index contributed by atoms with van der Waals surface area (Å²) in [6.45, 7) is 3.61. The van der Waals surface area contributed by atoms with Crippen LogP contribution in [0.2, 0.25) is 0 Å². The number of rotatable bonds is 2.